The molecule has 8 heteroatoms. The lowest BCUT2D eigenvalue weighted by molar-refractivity contribution is -0.114. The molecular weight excluding hydrogens is 424 g/mol. The number of pyridine rings is 1. The molecule has 0 radical (unpaired) electrons. The Morgan fingerprint density at radius 1 is 1.09 bits per heavy atom. The van der Waals surface area contributed by atoms with E-state index in [0.29, 0.717) is 27.7 Å². The molecule has 1 aromatic carbocycles. The Bertz CT molecular complexity index is 1240. The average molecular weight is 453 g/mol. The van der Waals surface area contributed by atoms with E-state index in [0.717, 1.165) is 26.9 Å². The highest BCUT2D eigenvalue weighted by molar-refractivity contribution is 7.18. The number of hydrogen-bond donors (Lipinski definition) is 2. The first kappa shape index (κ1) is 23.4. The molecule has 0 aliphatic rings. The van der Waals surface area contributed by atoms with Crippen LogP contribution in [-0.4, -0.2) is 29.2 Å². The van der Waals surface area contributed by atoms with Crippen LogP contribution in [0.3, 0.4) is 0 Å². The summed E-state index contributed by atoms with van der Waals surface area (Å²) in [4.78, 5) is 29.6. The van der Waals surface area contributed by atoms with Crippen LogP contribution in [0.2, 0.25) is 0 Å². The molecule has 7 nitrogen and oxygen atoms in total. The van der Waals surface area contributed by atoms with Gasteiger partial charge in [0.1, 0.15) is 10.8 Å². The zero-order valence-corrected chi connectivity index (χ0v) is 20.3. The number of hydrazone groups is 1. The molecule has 32 heavy (non-hydrogen) atoms. The van der Waals surface area contributed by atoms with Crippen LogP contribution >= 0.6 is 11.3 Å². The molecule has 0 bridgehead atoms. The Balaban J connectivity index is 1.97. The minimum atomic E-state index is -0.463. The molecule has 0 aliphatic carbocycles. The van der Waals surface area contributed by atoms with E-state index in [1.54, 1.807) is 6.92 Å². The smallest absolute Gasteiger partial charge is 0.341 e. The summed E-state index contributed by atoms with van der Waals surface area (Å²) in [6.45, 7) is 13.3. The SMILES string of the molecule is CCOC(=O)c1c(NC(C)=O)sc(C(C)=NNc2cc(C)c3cc(C)cc(C)c3n2)c1C. The van der Waals surface area contributed by atoms with Gasteiger partial charge in [0.2, 0.25) is 5.91 Å². The van der Waals surface area contributed by atoms with Crippen molar-refractivity contribution in [2.75, 3.05) is 17.3 Å². The number of amides is 1. The van der Waals surface area contributed by atoms with Crippen molar-refractivity contribution >= 4 is 50.6 Å². The van der Waals surface area contributed by atoms with Gasteiger partial charge in [0.15, 0.2) is 0 Å². The Kier molecular flexibility index (Phi) is 6.93. The number of rotatable bonds is 6. The van der Waals surface area contributed by atoms with Gasteiger partial charge in [-0.2, -0.15) is 5.10 Å². The molecule has 0 unspecified atom stereocenters. The van der Waals surface area contributed by atoms with Gasteiger partial charge in [0, 0.05) is 12.3 Å². The summed E-state index contributed by atoms with van der Waals surface area (Å²) in [6.07, 6.45) is 0. The van der Waals surface area contributed by atoms with E-state index in [4.69, 9.17) is 9.72 Å². The second kappa shape index (κ2) is 9.48. The van der Waals surface area contributed by atoms with E-state index in [-0.39, 0.29) is 12.5 Å². The van der Waals surface area contributed by atoms with Crippen molar-refractivity contribution in [1.82, 2.24) is 4.98 Å². The summed E-state index contributed by atoms with van der Waals surface area (Å²) >= 11 is 1.30. The third kappa shape index (κ3) is 4.80. The van der Waals surface area contributed by atoms with E-state index in [1.165, 1.54) is 23.8 Å². The van der Waals surface area contributed by atoms with Crippen LogP contribution in [-0.2, 0) is 9.53 Å². The molecule has 2 heterocycles. The van der Waals surface area contributed by atoms with Crippen LogP contribution in [0.5, 0.6) is 0 Å². The van der Waals surface area contributed by atoms with Crippen LogP contribution in [0.25, 0.3) is 10.9 Å². The van der Waals surface area contributed by atoms with E-state index in [1.807, 2.05) is 19.9 Å². The van der Waals surface area contributed by atoms with E-state index < -0.39 is 5.97 Å². The van der Waals surface area contributed by atoms with Crippen LogP contribution in [0, 0.1) is 27.7 Å². The second-order valence-corrected chi connectivity index (χ2v) is 8.79. The standard InChI is InChI=1S/C24H28N4O3S/c1-8-31-24(30)20-15(5)22(32-23(20)25-17(7)29)16(6)27-28-19-11-13(3)18-10-12(2)9-14(4)21(18)26-19/h9-11H,8H2,1-7H3,(H,25,29)(H,26,28). The molecule has 0 fully saturated rings. The first-order chi connectivity index (χ1) is 15.1. The topological polar surface area (TPSA) is 92.7 Å². The van der Waals surface area contributed by atoms with Gasteiger partial charge in [0.25, 0.3) is 0 Å². The molecule has 3 aromatic rings. The molecule has 0 saturated heterocycles. The highest BCUT2D eigenvalue weighted by Gasteiger charge is 2.24. The Hall–Kier alpha value is -3.26. The minimum Gasteiger partial charge on any atom is -0.462 e. The zero-order valence-electron chi connectivity index (χ0n) is 19.5. The number of aryl methyl sites for hydroxylation is 3. The monoisotopic (exact) mass is 452 g/mol. The van der Waals surface area contributed by atoms with Crippen molar-refractivity contribution in [2.24, 2.45) is 5.10 Å². The maximum Gasteiger partial charge on any atom is 0.341 e. The molecule has 0 spiro atoms. The zero-order chi connectivity index (χ0) is 23.6. The number of hydrogen-bond acceptors (Lipinski definition) is 7. The minimum absolute atomic E-state index is 0.252. The largest absolute Gasteiger partial charge is 0.462 e. The van der Waals surface area contributed by atoms with Crippen molar-refractivity contribution in [3.8, 4) is 0 Å². The number of thiophene rings is 1. The molecule has 2 aromatic heterocycles. The van der Waals surface area contributed by atoms with Crippen molar-refractivity contribution in [2.45, 2.75) is 48.5 Å². The number of ether oxygens (including phenoxy) is 1. The first-order valence-corrected chi connectivity index (χ1v) is 11.2. The number of fused-ring (bicyclic) bond motifs is 1. The summed E-state index contributed by atoms with van der Waals surface area (Å²) in [5, 5.41) is 8.83. The summed E-state index contributed by atoms with van der Waals surface area (Å²) in [7, 11) is 0. The Morgan fingerprint density at radius 2 is 1.81 bits per heavy atom. The van der Waals surface area contributed by atoms with Crippen LogP contribution in [0.15, 0.2) is 23.3 Å². The van der Waals surface area contributed by atoms with Crippen molar-refractivity contribution in [3.05, 3.63) is 50.9 Å². The molecule has 0 aliphatic heterocycles. The number of esters is 1. The summed E-state index contributed by atoms with van der Waals surface area (Å²) in [6, 6.07) is 6.22. The quantitative estimate of drug-likeness (QED) is 0.293. The highest BCUT2D eigenvalue weighted by atomic mass is 32.1. The van der Waals surface area contributed by atoms with Gasteiger partial charge >= 0.3 is 5.97 Å². The predicted octanol–water partition coefficient (Wildman–Crippen LogP) is 5.50. The van der Waals surface area contributed by atoms with E-state index >= 15 is 0 Å². The number of nitrogens with zero attached hydrogens (tertiary/aromatic N) is 2. The summed E-state index contributed by atoms with van der Waals surface area (Å²) in [5.41, 5.74) is 9.17. The number of benzene rings is 1. The molecule has 0 saturated carbocycles. The van der Waals surface area contributed by atoms with Crippen molar-refractivity contribution in [1.29, 1.82) is 0 Å². The fraction of sp³-hybridized carbons (Fsp3) is 0.333. The van der Waals surface area contributed by atoms with Crippen LogP contribution in [0.4, 0.5) is 10.8 Å². The predicted molar refractivity (Wildman–Crippen MR) is 131 cm³/mol. The van der Waals surface area contributed by atoms with Gasteiger partial charge in [-0.25, -0.2) is 9.78 Å². The van der Waals surface area contributed by atoms with Crippen molar-refractivity contribution < 1.29 is 14.3 Å². The maximum atomic E-state index is 12.5. The van der Waals surface area contributed by atoms with Crippen LogP contribution < -0.4 is 10.7 Å². The van der Waals surface area contributed by atoms with Crippen molar-refractivity contribution in [3.63, 3.8) is 0 Å². The van der Waals surface area contributed by atoms with Gasteiger partial charge in [-0.05, 0) is 70.4 Å². The molecule has 1 amide bonds. The van der Waals surface area contributed by atoms with Gasteiger partial charge in [-0.3, -0.25) is 10.2 Å². The Labute approximate surface area is 191 Å². The second-order valence-electron chi connectivity index (χ2n) is 7.77. The summed E-state index contributed by atoms with van der Waals surface area (Å²) < 4.78 is 5.18. The number of carbonyl (C=O) groups is 2. The molecule has 2 N–H and O–H groups in total. The van der Waals surface area contributed by atoms with Gasteiger partial charge in [0.05, 0.1) is 28.3 Å². The van der Waals surface area contributed by atoms with Crippen LogP contribution in [0.1, 0.15) is 58.3 Å². The number of anilines is 2. The molecule has 0 atom stereocenters. The van der Waals surface area contributed by atoms with E-state index in [2.05, 4.69) is 48.7 Å². The lowest BCUT2D eigenvalue weighted by Crippen LogP contribution is -2.11. The van der Waals surface area contributed by atoms with E-state index in [9.17, 15) is 9.59 Å². The fourth-order valence-corrected chi connectivity index (χ4v) is 4.84. The number of aromatic nitrogens is 1. The Morgan fingerprint density at radius 3 is 2.47 bits per heavy atom. The number of nitrogens with one attached hydrogen (secondary N) is 2. The van der Waals surface area contributed by atoms with Gasteiger partial charge in [-0.1, -0.05) is 11.6 Å². The molecular formula is C24H28N4O3S. The molecule has 168 valence electrons. The third-order valence-electron chi connectivity index (χ3n) is 5.04. The maximum absolute atomic E-state index is 12.5. The van der Waals surface area contributed by atoms with Gasteiger partial charge < -0.3 is 10.1 Å². The molecule has 3 rings (SSSR count). The number of carbonyl (C=O) groups excluding carboxylic acids is 2. The lowest BCUT2D eigenvalue weighted by Gasteiger charge is -2.10. The lowest BCUT2D eigenvalue weighted by atomic mass is 10.0. The van der Waals surface area contributed by atoms with Gasteiger partial charge in [-0.15, -0.1) is 11.3 Å². The highest BCUT2D eigenvalue weighted by Crippen LogP contribution is 2.34. The first-order valence-electron chi connectivity index (χ1n) is 10.4. The summed E-state index contributed by atoms with van der Waals surface area (Å²) in [5.74, 6) is -0.0738. The normalized spacial score (nSPS) is 11.5. The third-order valence-corrected chi connectivity index (χ3v) is 6.35. The fourth-order valence-electron chi connectivity index (χ4n) is 3.65. The average Bonchev–Trinajstić information content (AvgIpc) is 3.02.